The van der Waals surface area contributed by atoms with Crippen molar-refractivity contribution in [1.29, 1.82) is 0 Å². The van der Waals surface area contributed by atoms with E-state index >= 15 is 0 Å². The zero-order chi connectivity index (χ0) is 9.84. The van der Waals surface area contributed by atoms with Crippen LogP contribution in [0.3, 0.4) is 0 Å². The first-order chi connectivity index (χ1) is 6.15. The molecule has 0 aliphatic carbocycles. The van der Waals surface area contributed by atoms with Crippen LogP contribution in [0.1, 0.15) is 35.9 Å². The number of carbonyl (C=O) groups excluding carboxylic acids is 1. The van der Waals surface area contributed by atoms with Crippen molar-refractivity contribution in [1.82, 2.24) is 15.4 Å². The average Bonchev–Trinajstić information content (AvgIpc) is 2.17. The maximum atomic E-state index is 10.9. The molecule has 0 unspecified atom stereocenters. The second-order valence-electron chi connectivity index (χ2n) is 2.93. The van der Waals surface area contributed by atoms with E-state index in [1.807, 2.05) is 13.8 Å². The van der Waals surface area contributed by atoms with Crippen molar-refractivity contribution in [3.8, 4) is 0 Å². The predicted molar refractivity (Wildman–Crippen MR) is 45.4 cm³/mol. The third-order valence-corrected chi connectivity index (χ3v) is 1.55. The minimum atomic E-state index is -0.602. The summed E-state index contributed by atoms with van der Waals surface area (Å²) in [6.45, 7) is 3.92. The van der Waals surface area contributed by atoms with Gasteiger partial charge in [0.15, 0.2) is 0 Å². The van der Waals surface area contributed by atoms with Crippen LogP contribution in [0.4, 0.5) is 0 Å². The van der Waals surface area contributed by atoms with E-state index < -0.39 is 5.91 Å². The van der Waals surface area contributed by atoms with Gasteiger partial charge in [0.05, 0.1) is 5.56 Å². The third kappa shape index (κ3) is 2.22. The highest BCUT2D eigenvalue weighted by atomic mass is 16.5. The summed E-state index contributed by atoms with van der Waals surface area (Å²) in [4.78, 5) is 18.8. The molecule has 0 bridgehead atoms. The molecule has 0 saturated heterocycles. The first kappa shape index (κ1) is 9.60. The molecule has 1 amide bonds. The highest BCUT2D eigenvalue weighted by Crippen LogP contribution is 2.07. The van der Waals surface area contributed by atoms with Crippen molar-refractivity contribution in [3.05, 3.63) is 23.8 Å². The first-order valence-corrected chi connectivity index (χ1v) is 3.91. The molecule has 5 nitrogen and oxygen atoms in total. The smallest absolute Gasteiger partial charge is 0.277 e. The van der Waals surface area contributed by atoms with E-state index in [0.29, 0.717) is 5.82 Å². The predicted octanol–water partition coefficient (Wildman–Crippen LogP) is 0.719. The number of hydrogen-bond acceptors (Lipinski definition) is 4. The Labute approximate surface area is 75.8 Å². The Morgan fingerprint density at radius 1 is 1.46 bits per heavy atom. The van der Waals surface area contributed by atoms with Gasteiger partial charge >= 0.3 is 0 Å². The highest BCUT2D eigenvalue weighted by molar-refractivity contribution is 5.92. The van der Waals surface area contributed by atoms with Gasteiger partial charge in [-0.05, 0) is 0 Å². The minimum Gasteiger partial charge on any atom is -0.288 e. The average molecular weight is 181 g/mol. The molecule has 1 rings (SSSR count). The molecule has 1 aromatic heterocycles. The Balaban J connectivity index is 2.87. The molecular formula is C8H11N3O2. The Kier molecular flexibility index (Phi) is 2.92. The van der Waals surface area contributed by atoms with Crippen molar-refractivity contribution in [3.63, 3.8) is 0 Å². The lowest BCUT2D eigenvalue weighted by molar-refractivity contribution is 0.0705. The van der Waals surface area contributed by atoms with E-state index in [1.54, 1.807) is 0 Å². The van der Waals surface area contributed by atoms with Gasteiger partial charge in [0, 0.05) is 18.3 Å². The standard InChI is InChI=1S/C8H11N3O2/c1-5(2)7-9-3-6(4-10-7)8(12)11-13/h3-5,13H,1-2H3,(H,11,12). The fourth-order valence-corrected chi connectivity index (χ4v) is 0.818. The molecule has 1 heterocycles. The van der Waals surface area contributed by atoms with E-state index in [1.165, 1.54) is 17.9 Å². The molecule has 0 saturated carbocycles. The maximum Gasteiger partial charge on any atom is 0.277 e. The number of hydrogen-bond donors (Lipinski definition) is 2. The van der Waals surface area contributed by atoms with E-state index in [0.717, 1.165) is 0 Å². The van der Waals surface area contributed by atoms with Crippen LogP contribution < -0.4 is 5.48 Å². The molecule has 70 valence electrons. The topological polar surface area (TPSA) is 75.1 Å². The molecule has 0 aliphatic heterocycles. The van der Waals surface area contributed by atoms with Crippen LogP contribution in [0.2, 0.25) is 0 Å². The van der Waals surface area contributed by atoms with Crippen LogP contribution >= 0.6 is 0 Å². The van der Waals surface area contributed by atoms with Crippen LogP contribution in [-0.2, 0) is 0 Å². The van der Waals surface area contributed by atoms with Gasteiger partial charge in [-0.2, -0.15) is 0 Å². The summed E-state index contributed by atoms with van der Waals surface area (Å²) < 4.78 is 0. The van der Waals surface area contributed by atoms with Crippen LogP contribution in [0, 0.1) is 0 Å². The van der Waals surface area contributed by atoms with E-state index in [9.17, 15) is 4.79 Å². The lowest BCUT2D eigenvalue weighted by atomic mass is 10.2. The molecule has 0 aromatic carbocycles. The Hall–Kier alpha value is -1.49. The summed E-state index contributed by atoms with van der Waals surface area (Å²) in [6.07, 6.45) is 2.77. The number of aromatic nitrogens is 2. The maximum absolute atomic E-state index is 10.9. The van der Waals surface area contributed by atoms with Gasteiger partial charge in [-0.25, -0.2) is 15.4 Å². The lowest BCUT2D eigenvalue weighted by Crippen LogP contribution is -2.19. The van der Waals surface area contributed by atoms with Gasteiger partial charge in [0.1, 0.15) is 5.82 Å². The molecule has 5 heteroatoms. The number of amides is 1. The first-order valence-electron chi connectivity index (χ1n) is 3.91. The van der Waals surface area contributed by atoms with Crippen LogP contribution in [0.5, 0.6) is 0 Å². The zero-order valence-corrected chi connectivity index (χ0v) is 7.48. The monoisotopic (exact) mass is 181 g/mol. The SMILES string of the molecule is CC(C)c1ncc(C(=O)NO)cn1. The number of nitrogens with one attached hydrogen (secondary N) is 1. The number of hydroxylamine groups is 1. The molecule has 0 spiro atoms. The fraction of sp³-hybridized carbons (Fsp3) is 0.375. The molecule has 0 aliphatic rings. The van der Waals surface area contributed by atoms with Crippen molar-refractivity contribution >= 4 is 5.91 Å². The minimum absolute atomic E-state index is 0.228. The van der Waals surface area contributed by atoms with Crippen LogP contribution in [-0.4, -0.2) is 21.1 Å². The summed E-state index contributed by atoms with van der Waals surface area (Å²) in [6, 6.07) is 0. The molecule has 0 fully saturated rings. The quantitative estimate of drug-likeness (QED) is 0.520. The second kappa shape index (κ2) is 3.95. The van der Waals surface area contributed by atoms with Crippen LogP contribution in [0.15, 0.2) is 12.4 Å². The zero-order valence-electron chi connectivity index (χ0n) is 7.48. The summed E-state index contributed by atoms with van der Waals surface area (Å²) in [5.41, 5.74) is 1.75. The largest absolute Gasteiger partial charge is 0.288 e. The highest BCUT2D eigenvalue weighted by Gasteiger charge is 2.06. The van der Waals surface area contributed by atoms with Gasteiger partial charge in [-0.15, -0.1) is 0 Å². The van der Waals surface area contributed by atoms with Gasteiger partial charge in [-0.3, -0.25) is 10.0 Å². The van der Waals surface area contributed by atoms with Gasteiger partial charge in [-0.1, -0.05) is 13.8 Å². The molecule has 0 atom stereocenters. The van der Waals surface area contributed by atoms with Crippen molar-refractivity contribution in [2.45, 2.75) is 19.8 Å². The Morgan fingerprint density at radius 3 is 2.38 bits per heavy atom. The normalized spacial score (nSPS) is 10.2. The fourth-order valence-electron chi connectivity index (χ4n) is 0.818. The van der Waals surface area contributed by atoms with Crippen molar-refractivity contribution < 1.29 is 10.0 Å². The number of carbonyl (C=O) groups is 1. The van der Waals surface area contributed by atoms with E-state index in [4.69, 9.17) is 5.21 Å². The summed E-state index contributed by atoms with van der Waals surface area (Å²) in [5, 5.41) is 8.31. The summed E-state index contributed by atoms with van der Waals surface area (Å²) in [7, 11) is 0. The third-order valence-electron chi connectivity index (χ3n) is 1.55. The lowest BCUT2D eigenvalue weighted by Gasteiger charge is -2.02. The van der Waals surface area contributed by atoms with E-state index in [2.05, 4.69) is 9.97 Å². The molecule has 2 N–H and O–H groups in total. The van der Waals surface area contributed by atoms with Crippen molar-refractivity contribution in [2.24, 2.45) is 0 Å². The summed E-state index contributed by atoms with van der Waals surface area (Å²) >= 11 is 0. The molecule has 0 radical (unpaired) electrons. The Morgan fingerprint density at radius 2 is 2.00 bits per heavy atom. The number of nitrogens with zero attached hydrogens (tertiary/aromatic N) is 2. The van der Waals surface area contributed by atoms with Gasteiger partial charge in [0.2, 0.25) is 0 Å². The van der Waals surface area contributed by atoms with Crippen LogP contribution in [0.25, 0.3) is 0 Å². The second-order valence-corrected chi connectivity index (χ2v) is 2.93. The van der Waals surface area contributed by atoms with Gasteiger partial charge < -0.3 is 0 Å². The molecule has 13 heavy (non-hydrogen) atoms. The van der Waals surface area contributed by atoms with Gasteiger partial charge in [0.25, 0.3) is 5.91 Å². The summed E-state index contributed by atoms with van der Waals surface area (Å²) in [5.74, 6) is 0.302. The molecule has 1 aromatic rings. The van der Waals surface area contributed by atoms with E-state index in [-0.39, 0.29) is 11.5 Å². The Bertz CT molecular complexity index is 295. The number of rotatable bonds is 2. The van der Waals surface area contributed by atoms with Crippen molar-refractivity contribution in [2.75, 3.05) is 0 Å². The molecular weight excluding hydrogens is 170 g/mol.